The van der Waals surface area contributed by atoms with Gasteiger partial charge in [0, 0.05) is 22.5 Å². The molecule has 0 aromatic carbocycles. The van der Waals surface area contributed by atoms with Crippen LogP contribution >= 0.6 is 0 Å². The third-order valence-corrected chi connectivity index (χ3v) is 3.26. The van der Waals surface area contributed by atoms with E-state index in [1.54, 1.807) is 24.7 Å². The largest absolute Gasteiger partial charge is 0.464 e. The fourth-order valence-electron chi connectivity index (χ4n) is 2.31. The average Bonchev–Trinajstić information content (AvgIpc) is 3.13. The van der Waals surface area contributed by atoms with Crippen molar-refractivity contribution in [3.63, 3.8) is 0 Å². The van der Waals surface area contributed by atoms with Gasteiger partial charge in [0.25, 0.3) is 0 Å². The van der Waals surface area contributed by atoms with Crippen molar-refractivity contribution >= 4 is 21.9 Å². The Hall–Kier alpha value is -3.13. The number of nitriles is 1. The lowest BCUT2D eigenvalue weighted by atomic mass is 10.1. The van der Waals surface area contributed by atoms with Crippen LogP contribution in [0.3, 0.4) is 0 Å². The Kier molecular flexibility index (Phi) is 2.12. The summed E-state index contributed by atoms with van der Waals surface area (Å²) in [6.45, 7) is 0. The Morgan fingerprint density at radius 3 is 2.90 bits per heavy atom. The van der Waals surface area contributed by atoms with Crippen LogP contribution in [-0.2, 0) is 0 Å². The number of H-pyrrole nitrogens is 1. The topological polar surface area (TPSA) is 78.5 Å². The highest BCUT2D eigenvalue weighted by atomic mass is 16.3. The van der Waals surface area contributed by atoms with Crippen LogP contribution in [0.1, 0.15) is 5.69 Å². The standard InChI is InChI=1S/C15H8N4O/c16-6-10-5-11-12-4-9(14-2-1-3-20-14)7-18-15(12)19-13(11)8-17-10/h1-5,7-8H,(H,18,19). The summed E-state index contributed by atoms with van der Waals surface area (Å²) in [5.74, 6) is 0.767. The van der Waals surface area contributed by atoms with E-state index in [2.05, 4.69) is 21.0 Å². The molecule has 0 saturated heterocycles. The molecule has 0 aliphatic carbocycles. The quantitative estimate of drug-likeness (QED) is 0.569. The van der Waals surface area contributed by atoms with Crippen LogP contribution in [0.15, 0.2) is 47.3 Å². The van der Waals surface area contributed by atoms with Crippen molar-refractivity contribution in [1.29, 1.82) is 5.26 Å². The number of nitrogens with one attached hydrogen (secondary N) is 1. The van der Waals surface area contributed by atoms with Crippen molar-refractivity contribution in [3.05, 3.63) is 48.6 Å². The molecule has 0 amide bonds. The molecule has 4 rings (SSSR count). The summed E-state index contributed by atoms with van der Waals surface area (Å²) >= 11 is 0. The maximum atomic E-state index is 8.96. The first-order chi connectivity index (χ1) is 9.85. The van der Waals surface area contributed by atoms with Crippen LogP contribution in [0.2, 0.25) is 0 Å². The zero-order valence-electron chi connectivity index (χ0n) is 10.3. The van der Waals surface area contributed by atoms with Gasteiger partial charge in [0.2, 0.25) is 0 Å². The van der Waals surface area contributed by atoms with Gasteiger partial charge >= 0.3 is 0 Å². The molecule has 1 N–H and O–H groups in total. The van der Waals surface area contributed by atoms with Crippen molar-refractivity contribution in [2.24, 2.45) is 0 Å². The van der Waals surface area contributed by atoms with Gasteiger partial charge in [-0.05, 0) is 24.3 Å². The first-order valence-corrected chi connectivity index (χ1v) is 6.06. The summed E-state index contributed by atoms with van der Waals surface area (Å²) in [4.78, 5) is 11.6. The Morgan fingerprint density at radius 1 is 1.15 bits per heavy atom. The molecule has 0 unspecified atom stereocenters. The lowest BCUT2D eigenvalue weighted by Gasteiger charge is -1.97. The van der Waals surface area contributed by atoms with E-state index >= 15 is 0 Å². The van der Waals surface area contributed by atoms with Crippen molar-refractivity contribution in [2.45, 2.75) is 0 Å². The van der Waals surface area contributed by atoms with Gasteiger partial charge < -0.3 is 9.40 Å². The van der Waals surface area contributed by atoms with Gasteiger partial charge in [-0.15, -0.1) is 0 Å². The Morgan fingerprint density at radius 2 is 2.10 bits per heavy atom. The molecular formula is C15H8N4O. The number of aromatic nitrogens is 3. The second-order valence-electron chi connectivity index (χ2n) is 4.45. The predicted octanol–water partition coefficient (Wildman–Crippen LogP) is 3.24. The molecule has 20 heavy (non-hydrogen) atoms. The normalized spacial score (nSPS) is 10.9. The van der Waals surface area contributed by atoms with Crippen molar-refractivity contribution in [3.8, 4) is 17.4 Å². The minimum Gasteiger partial charge on any atom is -0.464 e. The number of fused-ring (bicyclic) bond motifs is 3. The van der Waals surface area contributed by atoms with E-state index in [0.29, 0.717) is 5.69 Å². The summed E-state index contributed by atoms with van der Waals surface area (Å²) in [6.07, 6.45) is 5.05. The van der Waals surface area contributed by atoms with E-state index in [1.165, 1.54) is 0 Å². The zero-order chi connectivity index (χ0) is 13.5. The van der Waals surface area contributed by atoms with Crippen LogP contribution in [0.4, 0.5) is 0 Å². The number of aromatic amines is 1. The van der Waals surface area contributed by atoms with E-state index in [1.807, 2.05) is 18.2 Å². The molecule has 0 bridgehead atoms. The first kappa shape index (κ1) is 10.8. The Bertz CT molecular complexity index is 961. The maximum absolute atomic E-state index is 8.96. The summed E-state index contributed by atoms with van der Waals surface area (Å²) in [5, 5.41) is 10.8. The van der Waals surface area contributed by atoms with E-state index in [-0.39, 0.29) is 0 Å². The number of hydrogen-bond donors (Lipinski definition) is 1. The molecule has 0 radical (unpaired) electrons. The molecule has 0 spiro atoms. The highest BCUT2D eigenvalue weighted by molar-refractivity contribution is 6.06. The van der Waals surface area contributed by atoms with Crippen molar-refractivity contribution < 1.29 is 4.42 Å². The van der Waals surface area contributed by atoms with Gasteiger partial charge in [-0.25, -0.2) is 9.97 Å². The second-order valence-corrected chi connectivity index (χ2v) is 4.45. The van der Waals surface area contributed by atoms with Gasteiger partial charge in [-0.2, -0.15) is 5.26 Å². The van der Waals surface area contributed by atoms with Crippen LogP contribution in [0, 0.1) is 11.3 Å². The van der Waals surface area contributed by atoms with Gasteiger partial charge in [0.15, 0.2) is 0 Å². The lowest BCUT2D eigenvalue weighted by molar-refractivity contribution is 0.582. The smallest absolute Gasteiger partial charge is 0.141 e. The molecule has 0 aliphatic rings. The predicted molar refractivity (Wildman–Crippen MR) is 73.8 cm³/mol. The maximum Gasteiger partial charge on any atom is 0.141 e. The van der Waals surface area contributed by atoms with E-state index < -0.39 is 0 Å². The molecule has 0 atom stereocenters. The molecule has 4 aromatic heterocycles. The molecule has 5 heteroatoms. The third kappa shape index (κ3) is 1.49. The minimum absolute atomic E-state index is 0.391. The molecule has 5 nitrogen and oxygen atoms in total. The number of nitrogens with zero attached hydrogens (tertiary/aromatic N) is 3. The monoisotopic (exact) mass is 260 g/mol. The fourth-order valence-corrected chi connectivity index (χ4v) is 2.31. The van der Waals surface area contributed by atoms with Crippen molar-refractivity contribution in [1.82, 2.24) is 15.0 Å². The third-order valence-electron chi connectivity index (χ3n) is 3.26. The van der Waals surface area contributed by atoms with E-state index in [0.717, 1.165) is 33.3 Å². The summed E-state index contributed by atoms with van der Waals surface area (Å²) < 4.78 is 5.39. The SMILES string of the molecule is N#Cc1cc2c(cn1)[nH]c1ncc(-c3ccco3)cc12. The molecule has 94 valence electrons. The summed E-state index contributed by atoms with van der Waals surface area (Å²) in [6, 6.07) is 9.55. The van der Waals surface area contributed by atoms with Gasteiger partial charge in [0.05, 0.1) is 18.0 Å². The lowest BCUT2D eigenvalue weighted by Crippen LogP contribution is -1.80. The Labute approximate surface area is 113 Å². The van der Waals surface area contributed by atoms with Crippen LogP contribution < -0.4 is 0 Å². The molecule has 0 fully saturated rings. The molecule has 0 saturated carbocycles. The highest BCUT2D eigenvalue weighted by Crippen LogP contribution is 2.28. The highest BCUT2D eigenvalue weighted by Gasteiger charge is 2.09. The van der Waals surface area contributed by atoms with Crippen molar-refractivity contribution in [2.75, 3.05) is 0 Å². The van der Waals surface area contributed by atoms with Gasteiger partial charge in [-0.3, -0.25) is 0 Å². The van der Waals surface area contributed by atoms with E-state index in [9.17, 15) is 0 Å². The number of pyridine rings is 2. The number of hydrogen-bond acceptors (Lipinski definition) is 4. The van der Waals surface area contributed by atoms with Gasteiger partial charge in [-0.1, -0.05) is 0 Å². The summed E-state index contributed by atoms with van der Waals surface area (Å²) in [5.41, 5.74) is 2.93. The first-order valence-electron chi connectivity index (χ1n) is 6.06. The van der Waals surface area contributed by atoms with Crippen LogP contribution in [0.5, 0.6) is 0 Å². The Balaban J connectivity index is 2.05. The molecule has 4 heterocycles. The van der Waals surface area contributed by atoms with E-state index in [4.69, 9.17) is 9.68 Å². The average molecular weight is 260 g/mol. The molecular weight excluding hydrogens is 252 g/mol. The molecule has 0 aliphatic heterocycles. The zero-order valence-corrected chi connectivity index (χ0v) is 10.3. The minimum atomic E-state index is 0.391. The number of furan rings is 1. The van der Waals surface area contributed by atoms with Gasteiger partial charge in [0.1, 0.15) is 23.2 Å². The molecule has 4 aromatic rings. The fraction of sp³-hybridized carbons (Fsp3) is 0. The van der Waals surface area contributed by atoms with Crippen LogP contribution in [0.25, 0.3) is 33.3 Å². The second kappa shape index (κ2) is 3.93. The van der Waals surface area contributed by atoms with Crippen LogP contribution in [-0.4, -0.2) is 15.0 Å². The summed E-state index contributed by atoms with van der Waals surface area (Å²) in [7, 11) is 0. The number of rotatable bonds is 1.